The Kier molecular flexibility index (Phi) is 4.85. The fourth-order valence-electron chi connectivity index (χ4n) is 3.01. The van der Waals surface area contributed by atoms with Gasteiger partial charge in [-0.05, 0) is 24.5 Å². The third-order valence-corrected chi connectivity index (χ3v) is 5.65. The van der Waals surface area contributed by atoms with Crippen LogP contribution in [0.15, 0.2) is 35.8 Å². The molecule has 1 aliphatic carbocycles. The van der Waals surface area contributed by atoms with Gasteiger partial charge >= 0.3 is 6.03 Å². The normalized spacial score (nSPS) is 16.5. The fourth-order valence-corrected chi connectivity index (χ4v) is 3.70. The maximum absolute atomic E-state index is 14.0. The highest BCUT2D eigenvalue weighted by Gasteiger charge is 2.46. The maximum Gasteiger partial charge on any atom is 0.317 e. The first-order valence-electron chi connectivity index (χ1n) is 8.15. The second-order valence-electron chi connectivity index (χ2n) is 6.57. The zero-order valence-corrected chi connectivity index (χ0v) is 14.8. The van der Waals surface area contributed by atoms with Crippen molar-refractivity contribution in [3.05, 3.63) is 52.2 Å². The molecule has 1 aromatic heterocycles. The quantitative estimate of drug-likeness (QED) is 0.865. The van der Waals surface area contributed by atoms with Crippen LogP contribution in [0.4, 0.5) is 9.18 Å². The van der Waals surface area contributed by atoms with Gasteiger partial charge in [-0.2, -0.15) is 0 Å². The molecule has 0 saturated heterocycles. The fraction of sp³-hybridized carbons (Fsp3) is 0.444. The molecule has 24 heavy (non-hydrogen) atoms. The van der Waals surface area contributed by atoms with Crippen molar-refractivity contribution in [2.45, 2.75) is 31.1 Å². The first-order valence-corrected chi connectivity index (χ1v) is 9.03. The Morgan fingerprint density at radius 1 is 1.46 bits per heavy atom. The zero-order chi connectivity index (χ0) is 17.2. The number of hydrogen-bond acceptors (Lipinski definition) is 3. The Hall–Kier alpha value is -1.95. The maximum atomic E-state index is 14.0. The van der Waals surface area contributed by atoms with E-state index in [9.17, 15) is 9.18 Å². The van der Waals surface area contributed by atoms with Crippen molar-refractivity contribution in [2.24, 2.45) is 0 Å². The van der Waals surface area contributed by atoms with E-state index in [0.29, 0.717) is 18.7 Å². The highest BCUT2D eigenvalue weighted by Crippen LogP contribution is 2.48. The van der Waals surface area contributed by atoms with E-state index in [1.807, 2.05) is 17.5 Å². The van der Waals surface area contributed by atoms with Crippen molar-refractivity contribution < 1.29 is 9.18 Å². The average molecular weight is 347 g/mol. The number of rotatable bonds is 6. The number of thiazole rings is 1. The van der Waals surface area contributed by atoms with E-state index < -0.39 is 0 Å². The van der Waals surface area contributed by atoms with Crippen molar-refractivity contribution in [3.63, 3.8) is 0 Å². The van der Waals surface area contributed by atoms with Crippen LogP contribution < -0.4 is 5.32 Å². The van der Waals surface area contributed by atoms with E-state index in [4.69, 9.17) is 0 Å². The van der Waals surface area contributed by atoms with Gasteiger partial charge in [-0.1, -0.05) is 25.1 Å². The van der Waals surface area contributed by atoms with Gasteiger partial charge in [0.05, 0.1) is 5.01 Å². The van der Waals surface area contributed by atoms with Crippen molar-refractivity contribution in [1.82, 2.24) is 15.2 Å². The van der Waals surface area contributed by atoms with E-state index in [0.717, 1.165) is 17.8 Å². The van der Waals surface area contributed by atoms with Gasteiger partial charge in [0.15, 0.2) is 0 Å². The summed E-state index contributed by atoms with van der Waals surface area (Å²) in [5.41, 5.74) is 0.479. The van der Waals surface area contributed by atoms with Crippen LogP contribution in [0.3, 0.4) is 0 Å². The summed E-state index contributed by atoms with van der Waals surface area (Å²) in [5, 5.41) is 5.93. The predicted molar refractivity (Wildman–Crippen MR) is 93.9 cm³/mol. The van der Waals surface area contributed by atoms with Crippen LogP contribution in [0.1, 0.15) is 36.3 Å². The molecule has 1 aliphatic rings. The average Bonchev–Trinajstić information content (AvgIpc) is 3.15. The Balaban J connectivity index is 1.55. The van der Waals surface area contributed by atoms with Gasteiger partial charge in [-0.25, -0.2) is 14.2 Å². The molecule has 128 valence electrons. The Labute approximate surface area is 145 Å². The minimum atomic E-state index is -0.233. The third-order valence-electron chi connectivity index (χ3n) is 4.64. The van der Waals surface area contributed by atoms with Crippen LogP contribution in [0.25, 0.3) is 0 Å². The van der Waals surface area contributed by atoms with E-state index in [1.165, 1.54) is 6.07 Å². The van der Waals surface area contributed by atoms with Crippen molar-refractivity contribution in [3.8, 4) is 0 Å². The van der Waals surface area contributed by atoms with Crippen LogP contribution in [-0.4, -0.2) is 36.1 Å². The number of nitrogens with one attached hydrogen (secondary N) is 1. The van der Waals surface area contributed by atoms with Crippen LogP contribution >= 0.6 is 11.3 Å². The summed E-state index contributed by atoms with van der Waals surface area (Å²) in [7, 11) is 1.78. The molecule has 1 atom stereocenters. The van der Waals surface area contributed by atoms with Crippen molar-refractivity contribution >= 4 is 17.4 Å². The van der Waals surface area contributed by atoms with Crippen molar-refractivity contribution in [2.75, 3.05) is 20.1 Å². The van der Waals surface area contributed by atoms with E-state index in [1.54, 1.807) is 35.5 Å². The summed E-state index contributed by atoms with van der Waals surface area (Å²) in [6.45, 7) is 3.14. The third kappa shape index (κ3) is 3.59. The molecular formula is C18H22FN3OS. The number of nitrogens with zero attached hydrogens (tertiary/aromatic N) is 2. The number of aromatic nitrogens is 1. The summed E-state index contributed by atoms with van der Waals surface area (Å²) >= 11 is 1.60. The number of halogens is 1. The summed E-state index contributed by atoms with van der Waals surface area (Å²) in [5.74, 6) is 0.0113. The summed E-state index contributed by atoms with van der Waals surface area (Å²) in [6.07, 6.45) is 3.60. The predicted octanol–water partition coefficient (Wildman–Crippen LogP) is 3.76. The molecule has 0 radical (unpaired) electrons. The molecule has 0 aliphatic heterocycles. The lowest BCUT2D eigenvalue weighted by atomic mass is 9.95. The second-order valence-corrected chi connectivity index (χ2v) is 7.50. The molecule has 1 heterocycles. The van der Waals surface area contributed by atoms with Gasteiger partial charge < -0.3 is 10.2 Å². The lowest BCUT2D eigenvalue weighted by Gasteiger charge is -2.23. The van der Waals surface area contributed by atoms with Gasteiger partial charge in [-0.3, -0.25) is 0 Å². The Morgan fingerprint density at radius 2 is 2.21 bits per heavy atom. The summed E-state index contributed by atoms with van der Waals surface area (Å²) in [4.78, 5) is 18.3. The van der Waals surface area contributed by atoms with Crippen LogP contribution in [0.5, 0.6) is 0 Å². The molecule has 2 amide bonds. The van der Waals surface area contributed by atoms with Gasteiger partial charge in [0.2, 0.25) is 0 Å². The SMILES string of the molecule is C[C@H](CN(C)C(=O)NCC1(c2ccccc2F)CC1)c1nccs1. The number of likely N-dealkylation sites (N-methyl/N-ethyl adjacent to an activating group) is 1. The van der Waals surface area contributed by atoms with Gasteiger partial charge in [0.25, 0.3) is 0 Å². The minimum Gasteiger partial charge on any atom is -0.337 e. The monoisotopic (exact) mass is 347 g/mol. The first kappa shape index (κ1) is 16.9. The molecule has 0 unspecified atom stereocenters. The molecule has 1 aromatic carbocycles. The topological polar surface area (TPSA) is 45.2 Å². The number of hydrogen-bond donors (Lipinski definition) is 1. The Morgan fingerprint density at radius 3 is 2.83 bits per heavy atom. The minimum absolute atomic E-state index is 0.124. The first-order chi connectivity index (χ1) is 11.5. The molecular weight excluding hydrogens is 325 g/mol. The summed E-state index contributed by atoms with van der Waals surface area (Å²) < 4.78 is 14.0. The molecule has 4 nitrogen and oxygen atoms in total. The summed E-state index contributed by atoms with van der Waals surface area (Å²) in [6, 6.07) is 6.73. The zero-order valence-electron chi connectivity index (χ0n) is 14.0. The lowest BCUT2D eigenvalue weighted by molar-refractivity contribution is 0.205. The molecule has 6 heteroatoms. The van der Waals surface area contributed by atoms with Gasteiger partial charge in [0.1, 0.15) is 5.82 Å². The largest absolute Gasteiger partial charge is 0.337 e. The van der Waals surface area contributed by atoms with Gasteiger partial charge in [-0.15, -0.1) is 11.3 Å². The molecule has 1 saturated carbocycles. The molecule has 1 N–H and O–H groups in total. The van der Waals surface area contributed by atoms with E-state index >= 15 is 0 Å². The van der Waals surface area contributed by atoms with Gasteiger partial charge in [0, 0.05) is 43.0 Å². The van der Waals surface area contributed by atoms with Crippen LogP contribution in [0, 0.1) is 5.82 Å². The van der Waals surface area contributed by atoms with Crippen LogP contribution in [0.2, 0.25) is 0 Å². The number of urea groups is 1. The number of carbonyl (C=O) groups is 1. The lowest BCUT2D eigenvalue weighted by Crippen LogP contribution is -2.42. The standard InChI is InChI=1S/C18H22FN3OS/c1-13(16-20-9-10-24-16)11-22(2)17(23)21-12-18(7-8-18)14-5-3-4-6-15(14)19/h3-6,9-10,13H,7-8,11-12H2,1-2H3,(H,21,23)/t13-/m1/s1. The molecule has 3 rings (SSSR count). The number of carbonyl (C=O) groups excluding carboxylic acids is 1. The highest BCUT2D eigenvalue weighted by molar-refractivity contribution is 7.09. The smallest absolute Gasteiger partial charge is 0.317 e. The Bertz CT molecular complexity index is 700. The van der Waals surface area contributed by atoms with E-state index in [-0.39, 0.29) is 23.2 Å². The molecule has 1 fully saturated rings. The molecule has 2 aromatic rings. The molecule has 0 bridgehead atoms. The molecule has 0 spiro atoms. The van der Waals surface area contributed by atoms with Crippen LogP contribution in [-0.2, 0) is 5.41 Å². The number of amides is 2. The number of benzene rings is 1. The van der Waals surface area contributed by atoms with Crippen molar-refractivity contribution in [1.29, 1.82) is 0 Å². The second kappa shape index (κ2) is 6.89. The van der Waals surface area contributed by atoms with E-state index in [2.05, 4.69) is 17.2 Å². The highest BCUT2D eigenvalue weighted by atomic mass is 32.1.